The van der Waals surface area contributed by atoms with Gasteiger partial charge in [-0.2, -0.15) is 5.10 Å². The quantitative estimate of drug-likeness (QED) is 0.831. The molecule has 3 rings (SSSR count). The Balaban J connectivity index is 1.51. The summed E-state index contributed by atoms with van der Waals surface area (Å²) in [6.07, 6.45) is 6.11. The van der Waals surface area contributed by atoms with E-state index in [-0.39, 0.29) is 0 Å². The molecule has 1 aliphatic heterocycles. The Morgan fingerprint density at radius 2 is 2.32 bits per heavy atom. The van der Waals surface area contributed by atoms with Gasteiger partial charge in [-0.05, 0) is 36.3 Å². The lowest BCUT2D eigenvalue weighted by atomic mass is 10.1. The molecule has 0 saturated carbocycles. The summed E-state index contributed by atoms with van der Waals surface area (Å²) in [5.74, 6) is 1.71. The lowest BCUT2D eigenvalue weighted by Crippen LogP contribution is -2.25. The predicted octanol–water partition coefficient (Wildman–Crippen LogP) is 2.27. The van der Waals surface area contributed by atoms with Crippen LogP contribution in [0.2, 0.25) is 0 Å². The molecule has 1 aromatic carbocycles. The van der Waals surface area contributed by atoms with Crippen molar-refractivity contribution in [3.05, 3.63) is 47.3 Å². The number of hydrogen-bond acceptors (Lipinski definition) is 4. The van der Waals surface area contributed by atoms with Crippen molar-refractivity contribution in [3.8, 4) is 11.5 Å². The van der Waals surface area contributed by atoms with Crippen LogP contribution >= 0.6 is 0 Å². The first-order valence-electron chi connectivity index (χ1n) is 7.44. The SMILES string of the molecule is COc1ccc2c(c1)OCC(CNCCn1cc(C)cn1)=C2. The number of rotatable bonds is 6. The molecule has 1 aromatic heterocycles. The maximum absolute atomic E-state index is 5.79. The summed E-state index contributed by atoms with van der Waals surface area (Å²) in [7, 11) is 1.66. The molecule has 22 heavy (non-hydrogen) atoms. The van der Waals surface area contributed by atoms with E-state index < -0.39 is 0 Å². The fourth-order valence-corrected chi connectivity index (χ4v) is 2.45. The Hall–Kier alpha value is -2.27. The molecule has 1 aliphatic rings. The van der Waals surface area contributed by atoms with E-state index in [0.717, 1.165) is 36.7 Å². The largest absolute Gasteiger partial charge is 0.497 e. The van der Waals surface area contributed by atoms with Crippen molar-refractivity contribution in [2.45, 2.75) is 13.5 Å². The molecule has 2 heterocycles. The zero-order valence-corrected chi connectivity index (χ0v) is 13.0. The molecule has 0 bridgehead atoms. The maximum atomic E-state index is 5.79. The first kappa shape index (κ1) is 14.7. The van der Waals surface area contributed by atoms with Crippen LogP contribution in [0.5, 0.6) is 11.5 Å². The van der Waals surface area contributed by atoms with E-state index >= 15 is 0 Å². The lowest BCUT2D eigenvalue weighted by molar-refractivity contribution is 0.338. The van der Waals surface area contributed by atoms with E-state index in [2.05, 4.69) is 16.5 Å². The number of nitrogens with one attached hydrogen (secondary N) is 1. The minimum absolute atomic E-state index is 0.619. The number of methoxy groups -OCH3 is 1. The molecule has 0 fully saturated rings. The highest BCUT2D eigenvalue weighted by atomic mass is 16.5. The maximum Gasteiger partial charge on any atom is 0.130 e. The van der Waals surface area contributed by atoms with E-state index in [1.165, 1.54) is 11.1 Å². The number of fused-ring (bicyclic) bond motifs is 1. The molecule has 0 spiro atoms. The summed E-state index contributed by atoms with van der Waals surface area (Å²) >= 11 is 0. The van der Waals surface area contributed by atoms with Gasteiger partial charge >= 0.3 is 0 Å². The molecule has 0 unspecified atom stereocenters. The smallest absolute Gasteiger partial charge is 0.130 e. The van der Waals surface area contributed by atoms with Crippen LogP contribution in [0.1, 0.15) is 11.1 Å². The standard InChI is InChI=1S/C17H21N3O2/c1-13-9-19-20(11-13)6-5-18-10-14-7-15-3-4-16(21-2)8-17(15)22-12-14/h3-4,7-9,11,18H,5-6,10,12H2,1-2H3. The second kappa shape index (κ2) is 6.66. The lowest BCUT2D eigenvalue weighted by Gasteiger charge is -2.19. The third kappa shape index (κ3) is 3.49. The Morgan fingerprint density at radius 3 is 3.09 bits per heavy atom. The molecule has 5 heteroatoms. The van der Waals surface area contributed by atoms with Gasteiger partial charge in [0.1, 0.15) is 18.1 Å². The van der Waals surface area contributed by atoms with Crippen molar-refractivity contribution in [2.24, 2.45) is 0 Å². The average Bonchev–Trinajstić information content (AvgIpc) is 2.96. The van der Waals surface area contributed by atoms with Crippen molar-refractivity contribution in [1.29, 1.82) is 0 Å². The molecule has 2 aromatic rings. The molecular formula is C17H21N3O2. The second-order valence-corrected chi connectivity index (χ2v) is 5.45. The third-order valence-corrected chi connectivity index (χ3v) is 3.63. The van der Waals surface area contributed by atoms with Gasteiger partial charge in [-0.1, -0.05) is 0 Å². The zero-order valence-electron chi connectivity index (χ0n) is 13.0. The minimum atomic E-state index is 0.619. The summed E-state index contributed by atoms with van der Waals surface area (Å²) in [5.41, 5.74) is 3.54. The van der Waals surface area contributed by atoms with Crippen molar-refractivity contribution >= 4 is 6.08 Å². The molecular weight excluding hydrogens is 278 g/mol. The third-order valence-electron chi connectivity index (χ3n) is 3.63. The summed E-state index contributed by atoms with van der Waals surface area (Å²) in [6.45, 7) is 5.25. The number of hydrogen-bond donors (Lipinski definition) is 1. The highest BCUT2D eigenvalue weighted by molar-refractivity contribution is 5.63. The van der Waals surface area contributed by atoms with E-state index in [1.807, 2.05) is 42.2 Å². The second-order valence-electron chi connectivity index (χ2n) is 5.45. The van der Waals surface area contributed by atoms with E-state index in [4.69, 9.17) is 9.47 Å². The Morgan fingerprint density at radius 1 is 1.41 bits per heavy atom. The molecule has 5 nitrogen and oxygen atoms in total. The topological polar surface area (TPSA) is 48.3 Å². The molecule has 0 radical (unpaired) electrons. The molecule has 116 valence electrons. The molecule has 0 aliphatic carbocycles. The van der Waals surface area contributed by atoms with Crippen LogP contribution in [0, 0.1) is 6.92 Å². The fraction of sp³-hybridized carbons (Fsp3) is 0.353. The van der Waals surface area contributed by atoms with Crippen LogP contribution in [0.15, 0.2) is 36.2 Å². The molecule has 0 atom stereocenters. The van der Waals surface area contributed by atoms with E-state index in [9.17, 15) is 0 Å². The number of aryl methyl sites for hydroxylation is 1. The van der Waals surface area contributed by atoms with Crippen molar-refractivity contribution in [2.75, 3.05) is 26.8 Å². The van der Waals surface area contributed by atoms with Gasteiger partial charge in [0.05, 0.1) is 19.9 Å². The molecule has 0 saturated heterocycles. The predicted molar refractivity (Wildman–Crippen MR) is 86.3 cm³/mol. The Labute approximate surface area is 130 Å². The normalized spacial score (nSPS) is 13.3. The summed E-state index contributed by atoms with van der Waals surface area (Å²) in [5, 5.41) is 7.70. The van der Waals surface area contributed by atoms with Gasteiger partial charge in [0.25, 0.3) is 0 Å². The highest BCUT2D eigenvalue weighted by Crippen LogP contribution is 2.29. The van der Waals surface area contributed by atoms with Gasteiger partial charge in [0.2, 0.25) is 0 Å². The monoisotopic (exact) mass is 299 g/mol. The van der Waals surface area contributed by atoms with Gasteiger partial charge < -0.3 is 14.8 Å². The van der Waals surface area contributed by atoms with Crippen LogP contribution in [0.3, 0.4) is 0 Å². The van der Waals surface area contributed by atoms with Crippen molar-refractivity contribution < 1.29 is 9.47 Å². The van der Waals surface area contributed by atoms with Gasteiger partial charge in [0, 0.05) is 30.9 Å². The Kier molecular flexibility index (Phi) is 4.44. The van der Waals surface area contributed by atoms with E-state index in [0.29, 0.717) is 6.61 Å². The zero-order chi connectivity index (χ0) is 15.4. The fourth-order valence-electron chi connectivity index (χ4n) is 2.45. The number of nitrogens with zero attached hydrogens (tertiary/aromatic N) is 2. The van der Waals surface area contributed by atoms with Gasteiger partial charge in [-0.3, -0.25) is 4.68 Å². The summed E-state index contributed by atoms with van der Waals surface area (Å²) in [4.78, 5) is 0. The van der Waals surface area contributed by atoms with Gasteiger partial charge in [-0.25, -0.2) is 0 Å². The summed E-state index contributed by atoms with van der Waals surface area (Å²) < 4.78 is 13.0. The van der Waals surface area contributed by atoms with E-state index in [1.54, 1.807) is 7.11 Å². The van der Waals surface area contributed by atoms with Crippen molar-refractivity contribution in [3.63, 3.8) is 0 Å². The van der Waals surface area contributed by atoms with Gasteiger partial charge in [0.15, 0.2) is 0 Å². The average molecular weight is 299 g/mol. The van der Waals surface area contributed by atoms with Gasteiger partial charge in [-0.15, -0.1) is 0 Å². The molecule has 0 amide bonds. The van der Waals surface area contributed by atoms with Crippen LogP contribution in [-0.2, 0) is 6.54 Å². The van der Waals surface area contributed by atoms with Crippen LogP contribution in [0.4, 0.5) is 0 Å². The molecule has 1 N–H and O–H groups in total. The minimum Gasteiger partial charge on any atom is -0.497 e. The number of aromatic nitrogens is 2. The van der Waals surface area contributed by atoms with Crippen molar-refractivity contribution in [1.82, 2.24) is 15.1 Å². The number of benzene rings is 1. The number of ether oxygens (including phenoxy) is 2. The summed E-state index contributed by atoms with van der Waals surface area (Å²) in [6, 6.07) is 5.91. The first-order chi connectivity index (χ1) is 10.7. The highest BCUT2D eigenvalue weighted by Gasteiger charge is 2.12. The van der Waals surface area contributed by atoms with Crippen LogP contribution < -0.4 is 14.8 Å². The van der Waals surface area contributed by atoms with Crippen LogP contribution in [-0.4, -0.2) is 36.6 Å². The first-order valence-corrected chi connectivity index (χ1v) is 7.44. The Bertz CT molecular complexity index is 676. The van der Waals surface area contributed by atoms with Crippen LogP contribution in [0.25, 0.3) is 6.08 Å².